The highest BCUT2D eigenvalue weighted by Gasteiger charge is 2.24. The summed E-state index contributed by atoms with van der Waals surface area (Å²) >= 11 is 1.87. The molecule has 0 radical (unpaired) electrons. The van der Waals surface area contributed by atoms with Crippen molar-refractivity contribution in [2.75, 3.05) is 0 Å². The number of hydrogen-bond acceptors (Lipinski definition) is 3. The van der Waals surface area contributed by atoms with Gasteiger partial charge in [0.1, 0.15) is 39.2 Å². The van der Waals surface area contributed by atoms with Crippen LogP contribution in [0.4, 0.5) is 0 Å². The highest BCUT2D eigenvalue weighted by molar-refractivity contribution is 7.27. The number of nitrogens with zero attached hydrogens (tertiary/aromatic N) is 3. The molecule has 9 aromatic rings. The van der Waals surface area contributed by atoms with Crippen LogP contribution in [0.3, 0.4) is 0 Å². The first-order valence-electron chi connectivity index (χ1n) is 15.5. The number of fused-ring (bicyclic) bond motifs is 11. The van der Waals surface area contributed by atoms with Gasteiger partial charge in [-0.3, -0.25) is 4.57 Å². The van der Waals surface area contributed by atoms with Crippen molar-refractivity contribution < 1.29 is 0 Å². The highest BCUT2D eigenvalue weighted by Crippen LogP contribution is 2.47. The largest absolute Gasteiger partial charge is 0.276 e. The minimum Gasteiger partial charge on any atom is -0.276 e. The third-order valence-corrected chi connectivity index (χ3v) is 11.4. The van der Waals surface area contributed by atoms with Crippen LogP contribution in [0.15, 0.2) is 97.1 Å². The van der Waals surface area contributed by atoms with E-state index in [2.05, 4.69) is 141 Å². The van der Waals surface area contributed by atoms with Gasteiger partial charge in [-0.15, -0.1) is 27.7 Å². The third-order valence-electron chi connectivity index (χ3n) is 10.2. The molecule has 0 spiro atoms. The fourth-order valence-corrected chi connectivity index (χ4v) is 8.80. The number of para-hydroxylation sites is 2. The van der Waals surface area contributed by atoms with E-state index < -0.39 is 0 Å². The zero-order valence-electron chi connectivity index (χ0n) is 26.0. The third kappa shape index (κ3) is 3.59. The molecule has 0 aliphatic heterocycles. The Balaban J connectivity index is 1.52. The van der Waals surface area contributed by atoms with Gasteiger partial charge in [-0.25, -0.2) is 9.97 Å². The molecule has 3 nitrogen and oxygen atoms in total. The summed E-state index contributed by atoms with van der Waals surface area (Å²) in [7, 11) is 11.2. The summed E-state index contributed by atoms with van der Waals surface area (Å²) < 4.78 is 4.90. The zero-order chi connectivity index (χ0) is 30.6. The van der Waals surface area contributed by atoms with Crippen LogP contribution in [-0.4, -0.2) is 53.8 Å². The number of benzene rings is 6. The fraction of sp³-hybridized carbons (Fsp3) is 0. The summed E-state index contributed by atoms with van der Waals surface area (Å²) in [4.78, 5) is 10.9. The van der Waals surface area contributed by atoms with Crippen molar-refractivity contribution in [3.8, 4) is 17.2 Å². The summed E-state index contributed by atoms with van der Waals surface area (Å²) in [6, 6.07) is 34.9. The number of hydrogen-bond donors (Lipinski definition) is 0. The Morgan fingerprint density at radius 2 is 1.07 bits per heavy atom. The highest BCUT2D eigenvalue weighted by atomic mass is 32.1. The van der Waals surface area contributed by atoms with Crippen LogP contribution in [0, 0.1) is 0 Å². The summed E-state index contributed by atoms with van der Waals surface area (Å²) in [6.45, 7) is 0. The SMILES string of the molecule is Bc1c(B)c(B)c(-c2nc(-n3c4ccccc4c4c5ccccc5c5c6ccccc6sc5c43)nc3ccccc23)c(B)c1B. The van der Waals surface area contributed by atoms with Gasteiger partial charge in [0.2, 0.25) is 5.95 Å². The maximum atomic E-state index is 5.54. The summed E-state index contributed by atoms with van der Waals surface area (Å²) in [6.07, 6.45) is 0. The lowest BCUT2D eigenvalue weighted by Gasteiger charge is -2.21. The van der Waals surface area contributed by atoms with Crippen LogP contribution >= 0.6 is 11.3 Å². The minimum atomic E-state index is 0.707. The Morgan fingerprint density at radius 1 is 0.511 bits per heavy atom. The van der Waals surface area contributed by atoms with Crippen LogP contribution in [0.5, 0.6) is 0 Å². The lowest BCUT2D eigenvalue weighted by atomic mass is 9.60. The van der Waals surface area contributed by atoms with Gasteiger partial charge in [0, 0.05) is 31.6 Å². The smallest absolute Gasteiger partial charge is 0.235 e. The molecule has 0 saturated carbocycles. The van der Waals surface area contributed by atoms with Crippen molar-refractivity contribution in [2.45, 2.75) is 0 Å². The van der Waals surface area contributed by atoms with E-state index in [1.807, 2.05) is 11.3 Å². The van der Waals surface area contributed by atoms with Gasteiger partial charge in [-0.1, -0.05) is 89.8 Å². The van der Waals surface area contributed by atoms with Crippen LogP contribution in [0.2, 0.25) is 0 Å². The van der Waals surface area contributed by atoms with Crippen molar-refractivity contribution in [3.63, 3.8) is 0 Å². The van der Waals surface area contributed by atoms with E-state index in [-0.39, 0.29) is 0 Å². The van der Waals surface area contributed by atoms with Crippen LogP contribution < -0.4 is 27.3 Å². The van der Waals surface area contributed by atoms with Crippen molar-refractivity contribution in [3.05, 3.63) is 97.1 Å². The first kappa shape index (κ1) is 26.6. The molecule has 9 heteroatoms. The van der Waals surface area contributed by atoms with Gasteiger partial charge in [0.05, 0.1) is 26.9 Å². The van der Waals surface area contributed by atoms with Crippen molar-refractivity contribution in [1.82, 2.24) is 14.5 Å². The summed E-state index contributed by atoms with van der Waals surface area (Å²) in [5, 5.41) is 8.70. The van der Waals surface area contributed by atoms with Crippen LogP contribution in [0.1, 0.15) is 0 Å². The lowest BCUT2D eigenvalue weighted by molar-refractivity contribution is 1.02. The van der Waals surface area contributed by atoms with E-state index in [0.717, 1.165) is 22.1 Å². The zero-order valence-corrected chi connectivity index (χ0v) is 26.8. The normalized spacial score (nSPS) is 12.0. The van der Waals surface area contributed by atoms with Crippen molar-refractivity contribution in [1.29, 1.82) is 0 Å². The summed E-state index contributed by atoms with van der Waals surface area (Å²) in [5.74, 6) is 0.707. The van der Waals surface area contributed by atoms with E-state index in [9.17, 15) is 0 Å². The molecule has 0 aliphatic carbocycles. The molecular weight excluding hydrogens is 561 g/mol. The second kappa shape index (κ2) is 9.63. The van der Waals surface area contributed by atoms with Crippen molar-refractivity contribution >= 4 is 142 Å². The Morgan fingerprint density at radius 3 is 1.80 bits per heavy atom. The lowest BCUT2D eigenvalue weighted by Crippen LogP contribution is -2.55. The number of aromatic nitrogens is 3. The van der Waals surface area contributed by atoms with Crippen molar-refractivity contribution in [2.24, 2.45) is 0 Å². The standard InChI is InChI=1S/C36H26B5N3S/c37-28-27(29(38)31(40)32(41)30(28)39)33-19-11-3-6-14-22(19)42-36(43-33)44-23-15-7-4-12-20(23)25-17-9-1-2-10-18(17)26-21-13-5-8-16-24(21)45-35(26)34(25)44/h1-16H,37-41H2. The quantitative estimate of drug-likeness (QED) is 0.285. The Bertz CT molecular complexity index is 2700. The molecule has 0 fully saturated rings. The maximum Gasteiger partial charge on any atom is 0.235 e. The predicted molar refractivity (Wildman–Crippen MR) is 211 cm³/mol. The van der Waals surface area contributed by atoms with Gasteiger partial charge < -0.3 is 0 Å². The van der Waals surface area contributed by atoms with E-state index in [0.29, 0.717) is 5.95 Å². The molecule has 0 unspecified atom stereocenters. The van der Waals surface area contributed by atoms with E-state index >= 15 is 0 Å². The van der Waals surface area contributed by atoms with Gasteiger partial charge in [0.15, 0.2) is 0 Å². The molecule has 0 atom stereocenters. The Hall–Kier alpha value is -4.74. The molecule has 0 bridgehead atoms. The average Bonchev–Trinajstić information content (AvgIpc) is 3.63. The molecule has 206 valence electrons. The van der Waals surface area contributed by atoms with E-state index in [1.54, 1.807) is 0 Å². The van der Waals surface area contributed by atoms with E-state index in [1.165, 1.54) is 80.1 Å². The van der Waals surface area contributed by atoms with E-state index in [4.69, 9.17) is 9.97 Å². The molecule has 3 heterocycles. The summed E-state index contributed by atoms with van der Waals surface area (Å²) in [5.41, 5.74) is 12.0. The predicted octanol–water partition coefficient (Wildman–Crippen LogP) is 1.21. The van der Waals surface area contributed by atoms with Gasteiger partial charge in [0.25, 0.3) is 0 Å². The molecule has 0 amide bonds. The van der Waals surface area contributed by atoms with Crippen LogP contribution in [-0.2, 0) is 0 Å². The fourth-order valence-electron chi connectivity index (χ4n) is 7.54. The second-order valence-corrected chi connectivity index (χ2v) is 13.4. The maximum absolute atomic E-state index is 5.54. The molecule has 0 aliphatic rings. The molecule has 9 rings (SSSR count). The van der Waals surface area contributed by atoms with Gasteiger partial charge >= 0.3 is 0 Å². The van der Waals surface area contributed by atoms with Gasteiger partial charge in [-0.2, -0.15) is 0 Å². The molecule has 3 aromatic heterocycles. The Kier molecular flexibility index (Phi) is 5.70. The van der Waals surface area contributed by atoms with Gasteiger partial charge in [-0.05, 0) is 34.5 Å². The first-order chi connectivity index (χ1) is 21.9. The molecule has 45 heavy (non-hydrogen) atoms. The molecular formula is C36H26B5N3S. The molecule has 0 N–H and O–H groups in total. The van der Waals surface area contributed by atoms with Crippen LogP contribution in [0.25, 0.3) is 80.9 Å². The Labute approximate surface area is 269 Å². The minimum absolute atomic E-state index is 0.707. The first-order valence-corrected chi connectivity index (χ1v) is 16.3. The monoisotopic (exact) mass is 587 g/mol. The number of thiophene rings is 1. The number of rotatable bonds is 2. The molecule has 0 saturated heterocycles. The molecule has 6 aromatic carbocycles. The second-order valence-electron chi connectivity index (χ2n) is 12.3. The average molecular weight is 587 g/mol. The topological polar surface area (TPSA) is 30.7 Å².